The van der Waals surface area contributed by atoms with E-state index in [0.29, 0.717) is 5.92 Å². The molecule has 0 aromatic rings. The highest BCUT2D eigenvalue weighted by Gasteiger charge is 2.36. The van der Waals surface area contributed by atoms with E-state index >= 15 is 0 Å². The van der Waals surface area contributed by atoms with Gasteiger partial charge in [0.25, 0.3) is 0 Å². The Morgan fingerprint density at radius 2 is 2.09 bits per heavy atom. The molecule has 1 aliphatic carbocycles. The van der Waals surface area contributed by atoms with Gasteiger partial charge in [-0.15, -0.1) is 11.8 Å². The summed E-state index contributed by atoms with van der Waals surface area (Å²) < 4.78 is 5.16. The lowest BCUT2D eigenvalue weighted by molar-refractivity contribution is 0.109. The van der Waals surface area contributed by atoms with Crippen LogP contribution in [0.25, 0.3) is 0 Å². The molecule has 6 heteroatoms. The van der Waals surface area contributed by atoms with Crippen LogP contribution in [0, 0.1) is 5.92 Å². The summed E-state index contributed by atoms with van der Waals surface area (Å²) in [5, 5.41) is 4.26. The molecule has 2 rings (SSSR count). The molecule has 2 atom stereocenters. The molecule has 132 valence electrons. The summed E-state index contributed by atoms with van der Waals surface area (Å²) in [6.45, 7) is 8.07. The van der Waals surface area contributed by atoms with E-state index in [1.807, 2.05) is 25.6 Å². The summed E-state index contributed by atoms with van der Waals surface area (Å²) in [5.74, 6) is 1.49. The molecule has 1 amide bonds. The van der Waals surface area contributed by atoms with E-state index < -0.39 is 0 Å². The zero-order chi connectivity index (χ0) is 17.0. The third-order valence-corrected chi connectivity index (χ3v) is 6.28. The molecular formula is C17H31N3O2S. The molecule has 2 aliphatic rings. The first kappa shape index (κ1) is 18.6. The quantitative estimate of drug-likeness (QED) is 0.822. The lowest BCUT2D eigenvalue weighted by atomic mass is 9.85. The lowest BCUT2D eigenvalue weighted by Crippen LogP contribution is -2.49. The predicted molar refractivity (Wildman–Crippen MR) is 97.1 cm³/mol. The van der Waals surface area contributed by atoms with Gasteiger partial charge in [-0.2, -0.15) is 0 Å². The number of nitrogens with zero attached hydrogens (tertiary/aromatic N) is 1. The Morgan fingerprint density at radius 3 is 2.65 bits per heavy atom. The van der Waals surface area contributed by atoms with Crippen LogP contribution < -0.4 is 11.1 Å². The highest BCUT2D eigenvalue weighted by molar-refractivity contribution is 8.14. The van der Waals surface area contributed by atoms with Gasteiger partial charge in [0.05, 0.1) is 16.7 Å². The summed E-state index contributed by atoms with van der Waals surface area (Å²) in [7, 11) is 0. The van der Waals surface area contributed by atoms with Crippen LogP contribution in [0.15, 0.2) is 4.99 Å². The van der Waals surface area contributed by atoms with Gasteiger partial charge in [0.1, 0.15) is 0 Å². The number of thioether (sulfide) groups is 1. The first-order valence-corrected chi connectivity index (χ1v) is 9.78. The van der Waals surface area contributed by atoms with Crippen molar-refractivity contribution in [2.24, 2.45) is 16.6 Å². The van der Waals surface area contributed by atoms with Crippen molar-refractivity contribution >= 4 is 22.9 Å². The number of amides is 1. The molecule has 1 aliphatic heterocycles. The van der Waals surface area contributed by atoms with Gasteiger partial charge in [0.2, 0.25) is 0 Å². The van der Waals surface area contributed by atoms with E-state index in [-0.39, 0.29) is 29.8 Å². The monoisotopic (exact) mass is 341 g/mol. The van der Waals surface area contributed by atoms with E-state index in [9.17, 15) is 4.79 Å². The first-order valence-electron chi connectivity index (χ1n) is 8.79. The highest BCUT2D eigenvalue weighted by atomic mass is 32.2. The molecule has 1 heterocycles. The molecule has 0 aromatic heterocycles. The van der Waals surface area contributed by atoms with Gasteiger partial charge in [0.15, 0.2) is 0 Å². The average Bonchev–Trinajstić information content (AvgIpc) is 2.50. The van der Waals surface area contributed by atoms with Crippen molar-refractivity contribution in [3.8, 4) is 0 Å². The molecular weight excluding hydrogens is 310 g/mol. The maximum absolute atomic E-state index is 11.7. The molecule has 1 fully saturated rings. The number of nitrogens with one attached hydrogen (secondary N) is 1. The van der Waals surface area contributed by atoms with Crippen LogP contribution in [0.3, 0.4) is 0 Å². The van der Waals surface area contributed by atoms with E-state index in [1.54, 1.807) is 0 Å². The lowest BCUT2D eigenvalue weighted by Gasteiger charge is -2.38. The fourth-order valence-corrected chi connectivity index (χ4v) is 4.63. The van der Waals surface area contributed by atoms with Crippen LogP contribution in [-0.2, 0) is 4.74 Å². The second-order valence-electron chi connectivity index (χ2n) is 7.23. The molecule has 5 nitrogen and oxygen atoms in total. The average molecular weight is 342 g/mol. The topological polar surface area (TPSA) is 76.7 Å². The summed E-state index contributed by atoms with van der Waals surface area (Å²) >= 11 is 1.83. The third kappa shape index (κ3) is 4.86. The van der Waals surface area contributed by atoms with E-state index in [1.165, 1.54) is 5.04 Å². The molecule has 0 radical (unpaired) electrons. The number of hydrogen-bond donors (Lipinski definition) is 2. The van der Waals surface area contributed by atoms with Crippen molar-refractivity contribution in [2.75, 3.05) is 5.75 Å². The molecule has 1 saturated carbocycles. The number of carbonyl (C=O) groups excluding carboxylic acids is 1. The molecule has 0 bridgehead atoms. The van der Waals surface area contributed by atoms with Crippen LogP contribution in [-0.4, -0.2) is 40.6 Å². The predicted octanol–water partition coefficient (Wildman–Crippen LogP) is 3.32. The van der Waals surface area contributed by atoms with E-state index in [2.05, 4.69) is 19.2 Å². The highest BCUT2D eigenvalue weighted by Crippen LogP contribution is 2.36. The summed E-state index contributed by atoms with van der Waals surface area (Å²) in [6.07, 6.45) is 4.75. The van der Waals surface area contributed by atoms with Gasteiger partial charge in [-0.1, -0.05) is 6.92 Å². The summed E-state index contributed by atoms with van der Waals surface area (Å²) in [6, 6.07) is 0.372. The van der Waals surface area contributed by atoms with Gasteiger partial charge in [0, 0.05) is 23.8 Å². The van der Waals surface area contributed by atoms with Crippen LogP contribution >= 0.6 is 11.8 Å². The van der Waals surface area contributed by atoms with Crippen molar-refractivity contribution < 1.29 is 9.53 Å². The third-order valence-electron chi connectivity index (χ3n) is 5.03. The number of ether oxygens (including phenoxy) is 1. The normalized spacial score (nSPS) is 34.9. The SMILES string of the molecule is CCC1(C)N=C(C2CCC(NC(=O)OC(C)C)CC2)SCC1N. The molecule has 2 unspecified atom stereocenters. The van der Waals surface area contributed by atoms with Crippen molar-refractivity contribution in [1.82, 2.24) is 5.32 Å². The van der Waals surface area contributed by atoms with Crippen LogP contribution in [0.5, 0.6) is 0 Å². The van der Waals surface area contributed by atoms with Crippen molar-refractivity contribution in [1.29, 1.82) is 0 Å². The summed E-state index contributed by atoms with van der Waals surface area (Å²) in [4.78, 5) is 16.7. The van der Waals surface area contributed by atoms with Crippen molar-refractivity contribution in [3.05, 3.63) is 0 Å². The summed E-state index contributed by atoms with van der Waals surface area (Å²) in [5.41, 5.74) is 6.13. The van der Waals surface area contributed by atoms with Crippen molar-refractivity contribution in [3.63, 3.8) is 0 Å². The molecule has 0 spiro atoms. The Bertz CT molecular complexity index is 447. The zero-order valence-corrected chi connectivity index (χ0v) is 15.6. The molecule has 0 aromatic carbocycles. The standard InChI is InChI=1S/C17H31N3O2S/c1-5-17(4)14(18)10-23-15(20-17)12-6-8-13(9-7-12)19-16(21)22-11(2)3/h11-14H,5-10,18H2,1-4H3,(H,19,21). The number of rotatable bonds is 4. The Hall–Kier alpha value is -0.750. The largest absolute Gasteiger partial charge is 0.447 e. The Balaban J connectivity index is 1.87. The van der Waals surface area contributed by atoms with E-state index in [0.717, 1.165) is 37.9 Å². The minimum absolute atomic E-state index is 0.0738. The number of aliphatic imine (C=N–C) groups is 1. The van der Waals surface area contributed by atoms with Crippen LogP contribution in [0.4, 0.5) is 4.79 Å². The van der Waals surface area contributed by atoms with Crippen LogP contribution in [0.2, 0.25) is 0 Å². The van der Waals surface area contributed by atoms with Gasteiger partial charge in [-0.3, -0.25) is 4.99 Å². The second-order valence-corrected chi connectivity index (χ2v) is 8.27. The molecule has 23 heavy (non-hydrogen) atoms. The number of carbonyl (C=O) groups is 1. The zero-order valence-electron chi connectivity index (χ0n) is 14.8. The number of nitrogens with two attached hydrogens (primary N) is 1. The maximum Gasteiger partial charge on any atom is 0.407 e. The Morgan fingerprint density at radius 1 is 1.43 bits per heavy atom. The minimum atomic E-state index is -0.294. The molecule has 0 saturated heterocycles. The Kier molecular flexibility index (Phi) is 6.37. The number of alkyl carbamates (subject to hydrolysis) is 1. The second kappa shape index (κ2) is 7.88. The molecule has 3 N–H and O–H groups in total. The smallest absolute Gasteiger partial charge is 0.407 e. The van der Waals surface area contributed by atoms with Gasteiger partial charge in [-0.25, -0.2) is 4.79 Å². The Labute approximate surface area is 144 Å². The fraction of sp³-hybridized carbons (Fsp3) is 0.882. The van der Waals surface area contributed by atoms with Gasteiger partial charge >= 0.3 is 6.09 Å². The maximum atomic E-state index is 11.7. The van der Waals surface area contributed by atoms with Crippen LogP contribution in [0.1, 0.15) is 59.8 Å². The van der Waals surface area contributed by atoms with E-state index in [4.69, 9.17) is 15.5 Å². The van der Waals surface area contributed by atoms with Gasteiger partial charge in [-0.05, 0) is 52.9 Å². The van der Waals surface area contributed by atoms with Gasteiger partial charge < -0.3 is 15.8 Å². The minimum Gasteiger partial charge on any atom is -0.447 e. The first-order chi connectivity index (χ1) is 10.8. The number of hydrogen-bond acceptors (Lipinski definition) is 5. The van der Waals surface area contributed by atoms with Crippen molar-refractivity contribution in [2.45, 2.75) is 83.5 Å². The fourth-order valence-electron chi connectivity index (χ4n) is 3.17.